The zero-order valence-corrected chi connectivity index (χ0v) is 14.6. The van der Waals surface area contributed by atoms with Crippen molar-refractivity contribution < 1.29 is 9.53 Å². The van der Waals surface area contributed by atoms with Crippen LogP contribution < -0.4 is 0 Å². The number of rotatable bonds is 6. The van der Waals surface area contributed by atoms with E-state index in [0.29, 0.717) is 6.61 Å². The van der Waals surface area contributed by atoms with Gasteiger partial charge in [0.25, 0.3) is 0 Å². The van der Waals surface area contributed by atoms with E-state index in [9.17, 15) is 4.79 Å². The number of esters is 1. The second-order valence-corrected chi connectivity index (χ2v) is 7.11. The number of ether oxygens (including phenoxy) is 1. The van der Waals surface area contributed by atoms with Gasteiger partial charge < -0.3 is 9.14 Å². The van der Waals surface area contributed by atoms with E-state index >= 15 is 0 Å². The third-order valence-corrected chi connectivity index (χ3v) is 5.34. The minimum atomic E-state index is -0.231. The molecule has 0 aliphatic carbocycles. The molecular formula is C16H17N3O2S2. The first-order valence-corrected chi connectivity index (χ1v) is 9.18. The Balaban J connectivity index is 1.62. The van der Waals surface area contributed by atoms with Crippen LogP contribution in [0.5, 0.6) is 0 Å². The van der Waals surface area contributed by atoms with Crippen LogP contribution >= 0.6 is 23.1 Å². The van der Waals surface area contributed by atoms with Gasteiger partial charge in [-0.25, -0.2) is 9.97 Å². The highest BCUT2D eigenvalue weighted by molar-refractivity contribution is 8.00. The summed E-state index contributed by atoms with van der Waals surface area (Å²) in [6.45, 7) is 4.26. The van der Waals surface area contributed by atoms with Crippen molar-refractivity contribution in [3.8, 4) is 0 Å². The van der Waals surface area contributed by atoms with Crippen LogP contribution in [0.1, 0.15) is 23.9 Å². The van der Waals surface area contributed by atoms with Crippen LogP contribution in [0.3, 0.4) is 0 Å². The Kier molecular flexibility index (Phi) is 4.97. The molecule has 23 heavy (non-hydrogen) atoms. The summed E-state index contributed by atoms with van der Waals surface area (Å²) in [6.07, 6.45) is 4.28. The number of carbonyl (C=O) groups excluding carboxylic acids is 1. The maximum Gasteiger partial charge on any atom is 0.311 e. The molecular weight excluding hydrogens is 330 g/mol. The van der Waals surface area contributed by atoms with Gasteiger partial charge in [-0.15, -0.1) is 11.3 Å². The van der Waals surface area contributed by atoms with Gasteiger partial charge in [-0.1, -0.05) is 17.8 Å². The Hall–Kier alpha value is -1.86. The highest BCUT2D eigenvalue weighted by Gasteiger charge is 2.10. The highest BCUT2D eigenvalue weighted by atomic mass is 32.2. The van der Waals surface area contributed by atoms with Crippen LogP contribution in [0.4, 0.5) is 0 Å². The highest BCUT2D eigenvalue weighted by Crippen LogP contribution is 2.26. The summed E-state index contributed by atoms with van der Waals surface area (Å²) < 4.78 is 7.92. The molecule has 0 spiro atoms. The molecule has 0 saturated heterocycles. The van der Waals surface area contributed by atoms with Gasteiger partial charge in [-0.2, -0.15) is 0 Å². The molecule has 0 unspecified atom stereocenters. The molecule has 0 atom stereocenters. The van der Waals surface area contributed by atoms with Crippen LogP contribution in [0.15, 0.2) is 34.2 Å². The molecule has 7 heteroatoms. The average Bonchev–Trinajstić information content (AvgIpc) is 3.12. The summed E-state index contributed by atoms with van der Waals surface area (Å²) in [5.74, 6) is 0.526. The van der Waals surface area contributed by atoms with Gasteiger partial charge in [0, 0.05) is 23.5 Å². The predicted molar refractivity (Wildman–Crippen MR) is 91.9 cm³/mol. The zero-order valence-electron chi connectivity index (χ0n) is 13.0. The van der Waals surface area contributed by atoms with Crippen molar-refractivity contribution in [3.05, 3.63) is 46.9 Å². The largest absolute Gasteiger partial charge is 0.466 e. The molecule has 3 aromatic heterocycles. The van der Waals surface area contributed by atoms with Crippen molar-refractivity contribution in [1.82, 2.24) is 14.4 Å². The summed E-state index contributed by atoms with van der Waals surface area (Å²) in [7, 11) is 0. The second kappa shape index (κ2) is 7.14. The van der Waals surface area contributed by atoms with E-state index in [2.05, 4.69) is 23.0 Å². The topological polar surface area (TPSA) is 56.5 Å². The quantitative estimate of drug-likeness (QED) is 0.504. The first kappa shape index (κ1) is 16.0. The molecule has 0 N–H and O–H groups in total. The number of aryl methyl sites for hydroxylation is 1. The van der Waals surface area contributed by atoms with E-state index in [-0.39, 0.29) is 12.4 Å². The molecule has 3 heterocycles. The molecule has 0 fully saturated rings. The van der Waals surface area contributed by atoms with Gasteiger partial charge in [0.1, 0.15) is 5.65 Å². The number of hydrogen-bond acceptors (Lipinski definition) is 6. The predicted octanol–water partition coefficient (Wildman–Crippen LogP) is 3.50. The lowest BCUT2D eigenvalue weighted by molar-refractivity contribution is -0.142. The monoisotopic (exact) mass is 347 g/mol. The molecule has 0 amide bonds. The van der Waals surface area contributed by atoms with Crippen LogP contribution in [0.25, 0.3) is 5.65 Å². The Morgan fingerprint density at radius 1 is 1.39 bits per heavy atom. The molecule has 0 aliphatic rings. The fourth-order valence-electron chi connectivity index (χ4n) is 2.21. The Morgan fingerprint density at radius 3 is 3.04 bits per heavy atom. The number of fused-ring (bicyclic) bond motifs is 1. The fraction of sp³-hybridized carbons (Fsp3) is 0.312. The number of pyridine rings is 1. The summed E-state index contributed by atoms with van der Waals surface area (Å²) in [4.78, 5) is 20.6. The first-order valence-electron chi connectivity index (χ1n) is 7.31. The van der Waals surface area contributed by atoms with Gasteiger partial charge in [-0.05, 0) is 25.5 Å². The van der Waals surface area contributed by atoms with Gasteiger partial charge in [0.2, 0.25) is 0 Å². The molecule has 3 aromatic rings. The minimum absolute atomic E-state index is 0.231. The summed E-state index contributed by atoms with van der Waals surface area (Å²) >= 11 is 3.18. The van der Waals surface area contributed by atoms with E-state index in [0.717, 1.165) is 32.7 Å². The summed E-state index contributed by atoms with van der Waals surface area (Å²) in [6, 6.07) is 4.07. The first-order chi connectivity index (χ1) is 11.2. The maximum absolute atomic E-state index is 11.5. The average molecular weight is 347 g/mol. The van der Waals surface area contributed by atoms with E-state index in [1.165, 1.54) is 0 Å². The fourth-order valence-corrected chi connectivity index (χ4v) is 3.93. The van der Waals surface area contributed by atoms with E-state index in [4.69, 9.17) is 4.74 Å². The van der Waals surface area contributed by atoms with Gasteiger partial charge >= 0.3 is 5.97 Å². The third kappa shape index (κ3) is 3.92. The molecule has 3 rings (SSSR count). The Bertz CT molecular complexity index is 826. The van der Waals surface area contributed by atoms with Crippen molar-refractivity contribution in [1.29, 1.82) is 0 Å². The molecule has 0 saturated carbocycles. The smallest absolute Gasteiger partial charge is 0.311 e. The molecule has 0 aromatic carbocycles. The number of imidazole rings is 1. The SMILES string of the molecule is CCOC(=O)Cc1csc(SCc2cn3cccc(C)c3n2)n1. The van der Waals surface area contributed by atoms with Gasteiger partial charge in [0.05, 0.1) is 24.4 Å². The number of hydrogen-bond donors (Lipinski definition) is 0. The van der Waals surface area contributed by atoms with Crippen molar-refractivity contribution in [2.24, 2.45) is 0 Å². The lowest BCUT2D eigenvalue weighted by Gasteiger charge is -1.98. The lowest BCUT2D eigenvalue weighted by Crippen LogP contribution is -2.07. The van der Waals surface area contributed by atoms with Crippen LogP contribution in [0, 0.1) is 6.92 Å². The third-order valence-electron chi connectivity index (χ3n) is 3.23. The van der Waals surface area contributed by atoms with Gasteiger partial charge in [-0.3, -0.25) is 4.79 Å². The van der Waals surface area contributed by atoms with Crippen LogP contribution in [-0.2, 0) is 21.7 Å². The number of thioether (sulfide) groups is 1. The summed E-state index contributed by atoms with van der Waals surface area (Å²) in [5, 5.41) is 1.91. The van der Waals surface area contributed by atoms with Crippen LogP contribution in [-0.4, -0.2) is 26.9 Å². The minimum Gasteiger partial charge on any atom is -0.466 e. The number of nitrogens with zero attached hydrogens (tertiary/aromatic N) is 3. The molecule has 0 radical (unpaired) electrons. The second-order valence-electron chi connectivity index (χ2n) is 5.03. The number of thiazole rings is 1. The number of aromatic nitrogens is 3. The van der Waals surface area contributed by atoms with E-state index in [1.54, 1.807) is 30.0 Å². The van der Waals surface area contributed by atoms with Crippen molar-refractivity contribution in [2.45, 2.75) is 30.4 Å². The van der Waals surface area contributed by atoms with Crippen molar-refractivity contribution in [3.63, 3.8) is 0 Å². The molecule has 0 aliphatic heterocycles. The molecule has 0 bridgehead atoms. The van der Waals surface area contributed by atoms with Crippen molar-refractivity contribution >= 4 is 34.7 Å². The molecule has 5 nitrogen and oxygen atoms in total. The van der Waals surface area contributed by atoms with E-state index in [1.807, 2.05) is 28.2 Å². The van der Waals surface area contributed by atoms with Crippen molar-refractivity contribution in [2.75, 3.05) is 6.61 Å². The van der Waals surface area contributed by atoms with Crippen LogP contribution in [0.2, 0.25) is 0 Å². The van der Waals surface area contributed by atoms with E-state index < -0.39 is 0 Å². The maximum atomic E-state index is 11.5. The normalized spacial score (nSPS) is 11.0. The Labute approximate surface area is 142 Å². The number of carbonyl (C=O) groups is 1. The standard InChI is InChI=1S/C16H17N3O2S2/c1-3-21-14(20)7-12-9-22-16(18-12)23-10-13-8-19-6-4-5-11(2)15(19)17-13/h4-6,8-9H,3,7,10H2,1-2H3. The van der Waals surface area contributed by atoms with Gasteiger partial charge in [0.15, 0.2) is 4.34 Å². The lowest BCUT2D eigenvalue weighted by atomic mass is 10.3. The Morgan fingerprint density at radius 2 is 2.26 bits per heavy atom. The molecule has 120 valence electrons. The summed E-state index contributed by atoms with van der Waals surface area (Å²) in [5.41, 5.74) is 3.94. The zero-order chi connectivity index (χ0) is 16.2.